The third-order valence-corrected chi connectivity index (χ3v) is 6.59. The Morgan fingerprint density at radius 2 is 1.43 bits per heavy atom. The predicted molar refractivity (Wildman–Crippen MR) is 130 cm³/mol. The first kappa shape index (κ1) is 23.1. The maximum absolute atomic E-state index is 13.9. The van der Waals surface area contributed by atoms with E-state index in [-0.39, 0.29) is 5.75 Å². The van der Waals surface area contributed by atoms with Crippen LogP contribution >= 0.6 is 0 Å². The van der Waals surface area contributed by atoms with Gasteiger partial charge in [0, 0.05) is 5.39 Å². The van der Waals surface area contributed by atoms with Crippen LogP contribution in [0.1, 0.15) is 11.6 Å². The Morgan fingerprint density at radius 3 is 2.16 bits per heavy atom. The molecule has 0 spiro atoms. The summed E-state index contributed by atoms with van der Waals surface area (Å²) in [6, 6.07) is 26.3. The number of imide groups is 1. The van der Waals surface area contributed by atoms with Crippen LogP contribution in [-0.4, -0.2) is 24.3 Å². The molecule has 0 bridgehead atoms. The molecular weight excluding hydrogens is 485 g/mol. The van der Waals surface area contributed by atoms with E-state index in [0.717, 1.165) is 15.7 Å². The van der Waals surface area contributed by atoms with Crippen molar-refractivity contribution < 1.29 is 32.3 Å². The van der Waals surface area contributed by atoms with Gasteiger partial charge in [-0.3, -0.25) is 14.4 Å². The summed E-state index contributed by atoms with van der Waals surface area (Å²) >= 11 is 0. The van der Waals surface area contributed by atoms with E-state index >= 15 is 0 Å². The summed E-state index contributed by atoms with van der Waals surface area (Å²) in [5.41, 5.74) is 1.58. The number of carbonyl (C=O) groups is 2. The molecule has 4 aromatic rings. The van der Waals surface area contributed by atoms with Crippen LogP contribution in [-0.2, 0) is 14.4 Å². The summed E-state index contributed by atoms with van der Waals surface area (Å²) in [4.78, 5) is 34.8. The van der Waals surface area contributed by atoms with Crippen molar-refractivity contribution in [1.82, 2.24) is 0 Å². The van der Waals surface area contributed by atoms with Crippen molar-refractivity contribution in [2.75, 3.05) is 9.96 Å². The SMILES string of the molecule is O=C1[C@@H]2[C@H](ON(c3ccccc3)[C@@H]2c2ccc(OC(F)(F)F)cc2)C(=O)N1c1cccc2ccccc12. The number of anilines is 2. The van der Waals surface area contributed by atoms with Crippen LogP contribution in [0.3, 0.4) is 0 Å². The summed E-state index contributed by atoms with van der Waals surface area (Å²) in [7, 11) is 0. The average Bonchev–Trinajstić information content (AvgIpc) is 3.40. The van der Waals surface area contributed by atoms with Gasteiger partial charge in [-0.05, 0) is 41.3 Å². The van der Waals surface area contributed by atoms with Gasteiger partial charge in [0.25, 0.3) is 5.91 Å². The van der Waals surface area contributed by atoms with E-state index in [1.165, 1.54) is 29.3 Å². The van der Waals surface area contributed by atoms with Crippen molar-refractivity contribution in [3.05, 3.63) is 103 Å². The van der Waals surface area contributed by atoms with Crippen LogP contribution in [0.4, 0.5) is 24.5 Å². The summed E-state index contributed by atoms with van der Waals surface area (Å²) < 4.78 is 42.0. The lowest BCUT2D eigenvalue weighted by Crippen LogP contribution is -2.37. The molecule has 2 aliphatic rings. The van der Waals surface area contributed by atoms with Gasteiger partial charge in [0.1, 0.15) is 11.7 Å². The van der Waals surface area contributed by atoms with Gasteiger partial charge in [-0.15, -0.1) is 13.2 Å². The molecule has 2 fully saturated rings. The largest absolute Gasteiger partial charge is 0.573 e. The first-order chi connectivity index (χ1) is 17.8. The second-order valence-electron chi connectivity index (χ2n) is 8.78. The fourth-order valence-corrected chi connectivity index (χ4v) is 5.06. The highest BCUT2D eigenvalue weighted by molar-refractivity contribution is 6.26. The number of halogens is 3. The molecule has 0 aliphatic carbocycles. The highest BCUT2D eigenvalue weighted by Crippen LogP contribution is 2.48. The summed E-state index contributed by atoms with van der Waals surface area (Å²) in [6.45, 7) is 0. The fraction of sp³-hybridized carbons (Fsp3) is 0.143. The highest BCUT2D eigenvalue weighted by Gasteiger charge is 2.60. The van der Waals surface area contributed by atoms with E-state index in [1.807, 2.05) is 36.4 Å². The number of benzene rings is 4. The Kier molecular flexibility index (Phi) is 5.38. The molecule has 4 aromatic carbocycles. The highest BCUT2D eigenvalue weighted by atomic mass is 19.4. The molecule has 9 heteroatoms. The van der Waals surface area contributed by atoms with Gasteiger partial charge < -0.3 is 4.74 Å². The number of rotatable bonds is 4. The zero-order valence-electron chi connectivity index (χ0n) is 19.1. The van der Waals surface area contributed by atoms with E-state index in [0.29, 0.717) is 16.9 Å². The third kappa shape index (κ3) is 3.97. The molecule has 2 heterocycles. The normalized spacial score (nSPS) is 21.5. The number of nitrogens with zero attached hydrogens (tertiary/aromatic N) is 2. The number of carbonyl (C=O) groups excluding carboxylic acids is 2. The predicted octanol–water partition coefficient (Wildman–Crippen LogP) is 5.79. The quantitative estimate of drug-likeness (QED) is 0.330. The number of hydrogen-bond acceptors (Lipinski definition) is 5. The molecule has 6 rings (SSSR count). The van der Waals surface area contributed by atoms with E-state index in [4.69, 9.17) is 4.84 Å². The lowest BCUT2D eigenvalue weighted by molar-refractivity contribution is -0.274. The topological polar surface area (TPSA) is 59.1 Å². The molecular formula is C28H19F3N2O4. The van der Waals surface area contributed by atoms with Crippen molar-refractivity contribution in [3.8, 4) is 5.75 Å². The second-order valence-corrected chi connectivity index (χ2v) is 8.78. The molecule has 6 nitrogen and oxygen atoms in total. The first-order valence-electron chi connectivity index (χ1n) is 11.5. The van der Waals surface area contributed by atoms with Crippen molar-refractivity contribution >= 4 is 34.0 Å². The molecule has 2 saturated heterocycles. The molecule has 0 saturated carbocycles. The Bertz CT molecular complexity index is 1490. The van der Waals surface area contributed by atoms with E-state index in [1.54, 1.807) is 36.4 Å². The lowest BCUT2D eigenvalue weighted by Gasteiger charge is -2.29. The maximum Gasteiger partial charge on any atom is 0.573 e. The first-order valence-corrected chi connectivity index (χ1v) is 11.5. The number of alkyl halides is 3. The van der Waals surface area contributed by atoms with Crippen LogP contribution in [0.25, 0.3) is 10.8 Å². The van der Waals surface area contributed by atoms with Gasteiger partial charge in [0.15, 0.2) is 6.10 Å². The summed E-state index contributed by atoms with van der Waals surface area (Å²) in [5, 5.41) is 3.11. The average molecular weight is 504 g/mol. The molecule has 37 heavy (non-hydrogen) atoms. The number of hydroxylamine groups is 1. The lowest BCUT2D eigenvalue weighted by atomic mass is 9.90. The van der Waals surface area contributed by atoms with Crippen LogP contribution in [0.2, 0.25) is 0 Å². The minimum Gasteiger partial charge on any atom is -0.406 e. The van der Waals surface area contributed by atoms with Gasteiger partial charge in [-0.2, -0.15) is 0 Å². The zero-order valence-corrected chi connectivity index (χ0v) is 19.1. The molecule has 0 radical (unpaired) electrons. The number of para-hydroxylation sites is 1. The zero-order chi connectivity index (χ0) is 25.7. The smallest absolute Gasteiger partial charge is 0.406 e. The van der Waals surface area contributed by atoms with Crippen molar-refractivity contribution in [2.45, 2.75) is 18.5 Å². The van der Waals surface area contributed by atoms with Crippen LogP contribution < -0.4 is 14.7 Å². The van der Waals surface area contributed by atoms with Gasteiger partial charge >= 0.3 is 6.36 Å². The molecule has 3 atom stereocenters. The maximum atomic E-state index is 13.9. The Labute approximate surface area is 209 Å². The molecule has 0 aromatic heterocycles. The van der Waals surface area contributed by atoms with Crippen molar-refractivity contribution in [1.29, 1.82) is 0 Å². The van der Waals surface area contributed by atoms with Gasteiger partial charge in [-0.25, -0.2) is 9.96 Å². The Morgan fingerprint density at radius 1 is 0.757 bits per heavy atom. The second kappa shape index (κ2) is 8.63. The number of amides is 2. The van der Waals surface area contributed by atoms with E-state index in [9.17, 15) is 22.8 Å². The molecule has 0 unspecified atom stereocenters. The monoisotopic (exact) mass is 504 g/mol. The minimum atomic E-state index is -4.83. The van der Waals surface area contributed by atoms with Gasteiger partial charge in [0.05, 0.1) is 17.4 Å². The number of ether oxygens (including phenoxy) is 1. The van der Waals surface area contributed by atoms with E-state index < -0.39 is 36.2 Å². The van der Waals surface area contributed by atoms with Gasteiger partial charge in [-0.1, -0.05) is 66.7 Å². The standard InChI is InChI=1S/C28H19F3N2O4/c29-28(30,31)36-20-15-13-18(14-16-20)24-23-25(37-33(24)19-9-2-1-3-10-19)27(35)32(26(23)34)22-12-6-8-17-7-4-5-11-21(17)22/h1-16,23-25H/t23-,24+,25-/m0/s1. The summed E-state index contributed by atoms with van der Waals surface area (Å²) in [6.07, 6.45) is -5.92. The molecule has 2 aliphatic heterocycles. The molecule has 0 N–H and O–H groups in total. The van der Waals surface area contributed by atoms with Crippen LogP contribution in [0, 0.1) is 5.92 Å². The molecule has 2 amide bonds. The van der Waals surface area contributed by atoms with E-state index in [2.05, 4.69) is 4.74 Å². The Hall–Kier alpha value is -4.37. The fourth-order valence-electron chi connectivity index (χ4n) is 5.06. The minimum absolute atomic E-state index is 0.385. The molecule has 186 valence electrons. The van der Waals surface area contributed by atoms with Crippen molar-refractivity contribution in [2.24, 2.45) is 5.92 Å². The third-order valence-electron chi connectivity index (χ3n) is 6.59. The van der Waals surface area contributed by atoms with Gasteiger partial charge in [0.2, 0.25) is 5.91 Å². The summed E-state index contributed by atoms with van der Waals surface area (Å²) in [5.74, 6) is -2.23. The van der Waals surface area contributed by atoms with Crippen LogP contribution in [0.5, 0.6) is 5.75 Å². The number of fused-ring (bicyclic) bond motifs is 2. The van der Waals surface area contributed by atoms with Crippen molar-refractivity contribution in [3.63, 3.8) is 0 Å². The Balaban J connectivity index is 1.42. The number of hydrogen-bond donors (Lipinski definition) is 0. The van der Waals surface area contributed by atoms with Crippen LogP contribution in [0.15, 0.2) is 97.1 Å².